The fraction of sp³-hybridized carbons (Fsp3) is 0.174. The molecule has 0 aliphatic rings. The van der Waals surface area contributed by atoms with Crippen molar-refractivity contribution in [3.63, 3.8) is 0 Å². The van der Waals surface area contributed by atoms with Crippen molar-refractivity contribution in [3.8, 4) is 16.9 Å². The van der Waals surface area contributed by atoms with Crippen molar-refractivity contribution in [1.29, 1.82) is 0 Å². The number of hydrogen-bond acceptors (Lipinski definition) is 8. The number of aromatic nitrogens is 2. The third-order valence-corrected chi connectivity index (χ3v) is 7.70. The summed E-state index contributed by atoms with van der Waals surface area (Å²) in [6, 6.07) is 13.8. The minimum atomic E-state index is -3.46. The van der Waals surface area contributed by atoms with Gasteiger partial charge in [0.2, 0.25) is 5.91 Å². The van der Waals surface area contributed by atoms with Gasteiger partial charge in [0.05, 0.1) is 21.7 Å². The largest absolute Gasteiger partial charge is 0.506 e. The van der Waals surface area contributed by atoms with Gasteiger partial charge in [-0.05, 0) is 23.8 Å². The molecule has 0 saturated heterocycles. The van der Waals surface area contributed by atoms with Gasteiger partial charge in [-0.25, -0.2) is 18.4 Å². The van der Waals surface area contributed by atoms with Crippen LogP contribution in [0.4, 0.5) is 11.5 Å². The molecule has 33 heavy (non-hydrogen) atoms. The highest BCUT2D eigenvalue weighted by molar-refractivity contribution is 7.91. The number of hydrogen-bond donors (Lipinski definition) is 3. The molecule has 0 aliphatic carbocycles. The number of thiophene rings is 1. The van der Waals surface area contributed by atoms with Crippen LogP contribution in [0.15, 0.2) is 65.1 Å². The summed E-state index contributed by atoms with van der Waals surface area (Å²) >= 11 is 1.52. The number of rotatable bonds is 8. The van der Waals surface area contributed by atoms with Crippen molar-refractivity contribution in [1.82, 2.24) is 9.97 Å². The van der Waals surface area contributed by atoms with Crippen LogP contribution >= 0.6 is 11.3 Å². The maximum Gasteiger partial charge on any atom is 0.226 e. The lowest BCUT2D eigenvalue weighted by Gasteiger charge is -2.11. The van der Waals surface area contributed by atoms with Gasteiger partial charge in [-0.2, -0.15) is 0 Å². The molecule has 0 atom stereocenters. The zero-order valence-corrected chi connectivity index (χ0v) is 19.4. The summed E-state index contributed by atoms with van der Waals surface area (Å²) in [4.78, 5) is 22.0. The molecule has 4 rings (SSSR count). The minimum Gasteiger partial charge on any atom is -0.506 e. The zero-order valence-electron chi connectivity index (χ0n) is 17.8. The molecular weight excluding hydrogens is 460 g/mol. The Hall–Kier alpha value is -3.50. The van der Waals surface area contributed by atoms with Gasteiger partial charge in [0.25, 0.3) is 0 Å². The zero-order chi connectivity index (χ0) is 23.4. The number of carbonyl (C=O) groups is 1. The number of amides is 1. The van der Waals surface area contributed by atoms with Crippen LogP contribution in [0.3, 0.4) is 0 Å². The van der Waals surface area contributed by atoms with E-state index in [0.717, 1.165) is 21.3 Å². The summed E-state index contributed by atoms with van der Waals surface area (Å²) in [6.07, 6.45) is 1.56. The SMILES string of the molecule is CCS(=O)(=O)c1ccc(O)c(NC(=O)CCNc2ncnc3scc(-c4ccccc4)c23)c1. The molecule has 0 spiro atoms. The lowest BCUT2D eigenvalue weighted by atomic mass is 10.1. The van der Waals surface area contributed by atoms with Crippen molar-refractivity contribution < 1.29 is 18.3 Å². The number of fused-ring (bicyclic) bond motifs is 1. The summed E-state index contributed by atoms with van der Waals surface area (Å²) in [6.45, 7) is 1.82. The molecule has 0 aliphatic heterocycles. The minimum absolute atomic E-state index is 0.0468. The van der Waals surface area contributed by atoms with Crippen molar-refractivity contribution >= 4 is 48.8 Å². The average molecular weight is 483 g/mol. The monoisotopic (exact) mass is 482 g/mol. The molecular formula is C23H22N4O4S2. The van der Waals surface area contributed by atoms with E-state index in [-0.39, 0.29) is 41.0 Å². The number of anilines is 2. The number of nitrogens with zero attached hydrogens (tertiary/aromatic N) is 2. The predicted octanol–water partition coefficient (Wildman–Crippen LogP) is 4.30. The Morgan fingerprint density at radius 1 is 1.12 bits per heavy atom. The summed E-state index contributed by atoms with van der Waals surface area (Å²) in [5, 5.41) is 18.7. The molecule has 0 unspecified atom stereocenters. The first-order chi connectivity index (χ1) is 15.9. The highest BCUT2D eigenvalue weighted by atomic mass is 32.2. The number of aromatic hydroxyl groups is 1. The number of phenols is 1. The normalized spacial score (nSPS) is 11.4. The van der Waals surface area contributed by atoms with Crippen LogP contribution in [-0.2, 0) is 14.6 Å². The first-order valence-electron chi connectivity index (χ1n) is 10.3. The third-order valence-electron chi connectivity index (χ3n) is 5.08. The maximum absolute atomic E-state index is 12.4. The van der Waals surface area contributed by atoms with E-state index in [1.807, 2.05) is 35.7 Å². The molecule has 3 N–H and O–H groups in total. The Morgan fingerprint density at radius 2 is 1.91 bits per heavy atom. The smallest absolute Gasteiger partial charge is 0.226 e. The molecule has 10 heteroatoms. The van der Waals surface area contributed by atoms with Gasteiger partial charge in [-0.3, -0.25) is 4.79 Å². The van der Waals surface area contributed by atoms with Crippen LogP contribution in [-0.4, -0.2) is 41.7 Å². The summed E-state index contributed by atoms with van der Waals surface area (Å²) in [7, 11) is -3.46. The Morgan fingerprint density at radius 3 is 2.67 bits per heavy atom. The van der Waals surface area contributed by atoms with Crippen LogP contribution in [0.5, 0.6) is 5.75 Å². The summed E-state index contributed by atoms with van der Waals surface area (Å²) in [5.41, 5.74) is 2.13. The number of benzene rings is 2. The van der Waals surface area contributed by atoms with Crippen molar-refractivity contribution in [3.05, 3.63) is 60.2 Å². The van der Waals surface area contributed by atoms with Crippen LogP contribution in [0, 0.1) is 0 Å². The van der Waals surface area contributed by atoms with E-state index in [4.69, 9.17) is 0 Å². The number of sulfone groups is 1. The second-order valence-corrected chi connectivity index (χ2v) is 10.4. The van der Waals surface area contributed by atoms with Crippen molar-refractivity contribution in [2.45, 2.75) is 18.2 Å². The van der Waals surface area contributed by atoms with Gasteiger partial charge in [0.15, 0.2) is 9.84 Å². The Balaban J connectivity index is 1.46. The van der Waals surface area contributed by atoms with E-state index >= 15 is 0 Å². The Bertz CT molecular complexity index is 1400. The highest BCUT2D eigenvalue weighted by Gasteiger charge is 2.16. The Labute approximate surface area is 195 Å². The fourth-order valence-corrected chi connectivity index (χ4v) is 5.14. The van der Waals surface area contributed by atoms with Crippen molar-refractivity contribution in [2.75, 3.05) is 22.9 Å². The van der Waals surface area contributed by atoms with Crippen molar-refractivity contribution in [2.24, 2.45) is 0 Å². The molecule has 0 fully saturated rings. The van der Waals surface area contributed by atoms with E-state index in [2.05, 4.69) is 20.6 Å². The molecule has 2 aromatic heterocycles. The van der Waals surface area contributed by atoms with Crippen LogP contribution < -0.4 is 10.6 Å². The second kappa shape index (κ2) is 9.55. The second-order valence-electron chi connectivity index (χ2n) is 7.23. The molecule has 170 valence electrons. The first-order valence-corrected chi connectivity index (χ1v) is 12.8. The maximum atomic E-state index is 12.4. The third kappa shape index (κ3) is 4.96. The van der Waals surface area contributed by atoms with Crippen LogP contribution in [0.1, 0.15) is 13.3 Å². The predicted molar refractivity (Wildman–Crippen MR) is 130 cm³/mol. The number of carbonyl (C=O) groups excluding carboxylic acids is 1. The lowest BCUT2D eigenvalue weighted by Crippen LogP contribution is -2.17. The van der Waals surface area contributed by atoms with Gasteiger partial charge >= 0.3 is 0 Å². The van der Waals surface area contributed by atoms with E-state index in [1.165, 1.54) is 42.8 Å². The molecule has 0 radical (unpaired) electrons. The number of phenolic OH excluding ortho intramolecular Hbond substituents is 1. The highest BCUT2D eigenvalue weighted by Crippen LogP contribution is 2.36. The molecule has 4 aromatic rings. The van der Waals surface area contributed by atoms with Gasteiger partial charge in [0.1, 0.15) is 22.7 Å². The van der Waals surface area contributed by atoms with Gasteiger partial charge in [0, 0.05) is 23.9 Å². The van der Waals surface area contributed by atoms with Gasteiger partial charge in [-0.15, -0.1) is 11.3 Å². The standard InChI is InChI=1S/C23H22N4O4S2/c1-2-33(30,31)16-8-9-19(28)18(12-16)27-20(29)10-11-24-22-21-17(15-6-4-3-5-7-15)13-32-23(21)26-14-25-22/h3-9,12-14,28H,2,10-11H2,1H3,(H,27,29)(H,24,25,26). The molecule has 0 bridgehead atoms. The summed E-state index contributed by atoms with van der Waals surface area (Å²) < 4.78 is 24.2. The van der Waals surface area contributed by atoms with E-state index in [1.54, 1.807) is 0 Å². The van der Waals surface area contributed by atoms with Gasteiger partial charge < -0.3 is 15.7 Å². The molecule has 2 aromatic carbocycles. The van der Waals surface area contributed by atoms with Gasteiger partial charge in [-0.1, -0.05) is 37.3 Å². The lowest BCUT2D eigenvalue weighted by molar-refractivity contribution is -0.116. The van der Waals surface area contributed by atoms with Crippen LogP contribution in [0.25, 0.3) is 21.3 Å². The van der Waals surface area contributed by atoms with Crippen LogP contribution in [0.2, 0.25) is 0 Å². The van der Waals surface area contributed by atoms with E-state index in [0.29, 0.717) is 5.82 Å². The molecule has 8 nitrogen and oxygen atoms in total. The van der Waals surface area contributed by atoms with E-state index in [9.17, 15) is 18.3 Å². The average Bonchev–Trinajstić information content (AvgIpc) is 3.26. The quantitative estimate of drug-likeness (QED) is 0.320. The van der Waals surface area contributed by atoms with E-state index < -0.39 is 9.84 Å². The number of nitrogens with one attached hydrogen (secondary N) is 2. The topological polar surface area (TPSA) is 121 Å². The molecule has 0 saturated carbocycles. The Kier molecular flexibility index (Phi) is 6.57. The first kappa shape index (κ1) is 22.7. The molecule has 2 heterocycles. The molecule has 1 amide bonds. The fourth-order valence-electron chi connectivity index (χ4n) is 3.32. The summed E-state index contributed by atoms with van der Waals surface area (Å²) in [5.74, 6) is -0.0139.